The van der Waals surface area contributed by atoms with Gasteiger partial charge in [0, 0.05) is 19.8 Å². The van der Waals surface area contributed by atoms with Crippen LogP contribution in [0.5, 0.6) is 0 Å². The van der Waals surface area contributed by atoms with Crippen LogP contribution in [0.15, 0.2) is 0 Å². The third-order valence-electron chi connectivity index (χ3n) is 4.63. The second-order valence-electron chi connectivity index (χ2n) is 7.02. The molecule has 5 heteroatoms. The molecule has 120 valence electrons. The minimum Gasteiger partial charge on any atom is -0.385 e. The maximum absolute atomic E-state index is 12.6. The summed E-state index contributed by atoms with van der Waals surface area (Å²) in [5, 5.41) is 2.96. The molecule has 0 bridgehead atoms. The number of rotatable bonds is 6. The van der Waals surface area contributed by atoms with Crippen molar-refractivity contribution in [1.82, 2.24) is 5.32 Å². The van der Waals surface area contributed by atoms with Gasteiger partial charge in [0.1, 0.15) is 0 Å². The number of methoxy groups -OCH3 is 1. The van der Waals surface area contributed by atoms with Crippen LogP contribution < -0.4 is 5.32 Å². The zero-order valence-electron chi connectivity index (χ0n) is 13.6. The minimum absolute atomic E-state index is 0.0983. The largest absolute Gasteiger partial charge is 0.385 e. The summed E-state index contributed by atoms with van der Waals surface area (Å²) in [6.45, 7) is 7.16. The fourth-order valence-corrected chi connectivity index (χ4v) is 5.32. The average Bonchev–Trinajstić information content (AvgIpc) is 2.37. The maximum Gasteiger partial charge on any atom is 0.154 e. The van der Waals surface area contributed by atoms with Gasteiger partial charge in [-0.05, 0) is 44.1 Å². The molecule has 0 aromatic rings. The Morgan fingerprint density at radius 3 is 2.40 bits per heavy atom. The van der Waals surface area contributed by atoms with Crippen LogP contribution in [0.2, 0.25) is 0 Å². The first-order valence-corrected chi connectivity index (χ1v) is 9.31. The first-order chi connectivity index (χ1) is 9.22. The third-order valence-corrected chi connectivity index (χ3v) is 6.93. The molecule has 1 N–H and O–H groups in total. The molecule has 0 saturated heterocycles. The first kappa shape index (κ1) is 17.9. The number of nitrogens with one attached hydrogen (secondary N) is 1. The molecule has 3 atom stereocenters. The molecule has 0 radical (unpaired) electrons. The van der Waals surface area contributed by atoms with E-state index in [0.29, 0.717) is 18.9 Å². The van der Waals surface area contributed by atoms with Crippen molar-refractivity contribution in [1.29, 1.82) is 0 Å². The molecule has 1 saturated carbocycles. The van der Waals surface area contributed by atoms with Gasteiger partial charge in [-0.25, -0.2) is 8.42 Å². The number of sulfone groups is 1. The van der Waals surface area contributed by atoms with E-state index in [1.807, 2.05) is 7.05 Å². The lowest BCUT2D eigenvalue weighted by Crippen LogP contribution is -2.49. The Kier molecular flexibility index (Phi) is 6.48. The van der Waals surface area contributed by atoms with Crippen molar-refractivity contribution in [3.8, 4) is 0 Å². The molecule has 1 fully saturated rings. The van der Waals surface area contributed by atoms with E-state index in [1.165, 1.54) is 0 Å². The molecular weight excluding hydrogens is 274 g/mol. The molecule has 4 nitrogen and oxygen atoms in total. The van der Waals surface area contributed by atoms with E-state index < -0.39 is 9.84 Å². The van der Waals surface area contributed by atoms with Crippen LogP contribution in [0.3, 0.4) is 0 Å². The Morgan fingerprint density at radius 1 is 1.25 bits per heavy atom. The van der Waals surface area contributed by atoms with Gasteiger partial charge in [-0.15, -0.1) is 0 Å². The van der Waals surface area contributed by atoms with Gasteiger partial charge in [-0.3, -0.25) is 0 Å². The molecule has 1 aliphatic rings. The van der Waals surface area contributed by atoms with Crippen molar-refractivity contribution in [2.24, 2.45) is 11.3 Å². The fraction of sp³-hybridized carbons (Fsp3) is 1.00. The van der Waals surface area contributed by atoms with Crippen molar-refractivity contribution in [2.75, 3.05) is 26.5 Å². The Bertz CT molecular complexity index is 386. The first-order valence-electron chi connectivity index (χ1n) is 7.60. The zero-order chi connectivity index (χ0) is 15.4. The molecular formula is C15H31NO3S. The summed E-state index contributed by atoms with van der Waals surface area (Å²) in [6, 6.07) is 0.0983. The Morgan fingerprint density at radius 2 is 1.90 bits per heavy atom. The smallest absolute Gasteiger partial charge is 0.154 e. The predicted octanol–water partition coefficient (Wildman–Crippen LogP) is 2.24. The Labute approximate surface area is 124 Å². The molecule has 0 aromatic carbocycles. The monoisotopic (exact) mass is 305 g/mol. The fourth-order valence-electron chi connectivity index (χ4n) is 3.20. The maximum atomic E-state index is 12.6. The summed E-state index contributed by atoms with van der Waals surface area (Å²) in [6.07, 6.45) is 3.43. The quantitative estimate of drug-likeness (QED) is 0.765. The average molecular weight is 305 g/mol. The molecule has 3 unspecified atom stereocenters. The van der Waals surface area contributed by atoms with Gasteiger partial charge in [0.15, 0.2) is 9.84 Å². The zero-order valence-corrected chi connectivity index (χ0v) is 14.4. The Hall–Kier alpha value is -0.130. The minimum atomic E-state index is -3.05. The third kappa shape index (κ3) is 4.71. The lowest BCUT2D eigenvalue weighted by Gasteiger charge is -2.41. The van der Waals surface area contributed by atoms with Gasteiger partial charge in [0.2, 0.25) is 0 Å². The van der Waals surface area contributed by atoms with Crippen LogP contribution >= 0.6 is 0 Å². The summed E-state index contributed by atoms with van der Waals surface area (Å²) < 4.78 is 30.2. The highest BCUT2D eigenvalue weighted by Gasteiger charge is 2.41. The van der Waals surface area contributed by atoms with E-state index in [4.69, 9.17) is 4.74 Å². The molecule has 0 aromatic heterocycles. The van der Waals surface area contributed by atoms with Crippen LogP contribution in [-0.2, 0) is 14.6 Å². The second kappa shape index (κ2) is 7.23. The van der Waals surface area contributed by atoms with E-state index in [-0.39, 0.29) is 22.5 Å². The lowest BCUT2D eigenvalue weighted by atomic mass is 9.71. The SMILES string of the molecule is CNC1CCC(C(C)(C)C)CC1S(=O)(=O)CCCOC. The second-order valence-corrected chi connectivity index (χ2v) is 9.36. The number of hydrogen-bond donors (Lipinski definition) is 1. The standard InChI is InChI=1S/C15H31NO3S/c1-15(2,3)12-7-8-13(16-4)14(11-12)20(17,18)10-6-9-19-5/h12-14,16H,6-11H2,1-5H3. The van der Waals surface area contributed by atoms with E-state index in [9.17, 15) is 8.42 Å². The van der Waals surface area contributed by atoms with Gasteiger partial charge in [0.05, 0.1) is 11.0 Å². The Balaban J connectivity index is 2.80. The van der Waals surface area contributed by atoms with E-state index in [0.717, 1.165) is 19.3 Å². The van der Waals surface area contributed by atoms with Gasteiger partial charge in [-0.2, -0.15) is 0 Å². The normalized spacial score (nSPS) is 28.6. The summed E-state index contributed by atoms with van der Waals surface area (Å²) in [4.78, 5) is 0. The number of hydrogen-bond acceptors (Lipinski definition) is 4. The van der Waals surface area contributed by atoms with Gasteiger partial charge in [-0.1, -0.05) is 20.8 Å². The van der Waals surface area contributed by atoms with Crippen LogP contribution in [0.1, 0.15) is 46.5 Å². The summed E-state index contributed by atoms with van der Waals surface area (Å²) >= 11 is 0. The van der Waals surface area contributed by atoms with Crippen LogP contribution in [-0.4, -0.2) is 46.2 Å². The highest BCUT2D eigenvalue weighted by atomic mass is 32.2. The summed E-state index contributed by atoms with van der Waals surface area (Å²) in [5.41, 5.74) is 0.180. The highest BCUT2D eigenvalue weighted by Crippen LogP contribution is 2.40. The molecule has 20 heavy (non-hydrogen) atoms. The highest BCUT2D eigenvalue weighted by molar-refractivity contribution is 7.92. The molecule has 0 aliphatic heterocycles. The summed E-state index contributed by atoms with van der Waals surface area (Å²) in [7, 11) is 0.433. The van der Waals surface area contributed by atoms with Crippen molar-refractivity contribution < 1.29 is 13.2 Å². The van der Waals surface area contributed by atoms with Crippen LogP contribution in [0.4, 0.5) is 0 Å². The lowest BCUT2D eigenvalue weighted by molar-refractivity contribution is 0.164. The number of ether oxygens (including phenoxy) is 1. The van der Waals surface area contributed by atoms with Crippen molar-refractivity contribution in [3.63, 3.8) is 0 Å². The van der Waals surface area contributed by atoms with Gasteiger partial charge < -0.3 is 10.1 Å². The van der Waals surface area contributed by atoms with Gasteiger partial charge >= 0.3 is 0 Å². The van der Waals surface area contributed by atoms with Crippen molar-refractivity contribution in [2.45, 2.75) is 57.7 Å². The summed E-state index contributed by atoms with van der Waals surface area (Å²) in [5.74, 6) is 0.717. The predicted molar refractivity (Wildman–Crippen MR) is 83.7 cm³/mol. The van der Waals surface area contributed by atoms with Crippen LogP contribution in [0, 0.1) is 11.3 Å². The van der Waals surface area contributed by atoms with Crippen molar-refractivity contribution >= 4 is 9.84 Å². The van der Waals surface area contributed by atoms with E-state index >= 15 is 0 Å². The molecule has 1 aliphatic carbocycles. The molecule has 0 amide bonds. The molecule has 1 rings (SSSR count). The topological polar surface area (TPSA) is 55.4 Å². The molecule has 0 heterocycles. The van der Waals surface area contributed by atoms with E-state index in [2.05, 4.69) is 26.1 Å². The molecule has 0 spiro atoms. The van der Waals surface area contributed by atoms with Crippen molar-refractivity contribution in [3.05, 3.63) is 0 Å². The van der Waals surface area contributed by atoms with E-state index in [1.54, 1.807) is 7.11 Å². The van der Waals surface area contributed by atoms with Gasteiger partial charge in [0.25, 0.3) is 0 Å². The van der Waals surface area contributed by atoms with Crippen LogP contribution in [0.25, 0.3) is 0 Å².